The first-order valence-electron chi connectivity index (χ1n) is 9.33. The molecule has 3 rings (SSSR count). The van der Waals surface area contributed by atoms with Gasteiger partial charge in [0.2, 0.25) is 5.90 Å². The van der Waals surface area contributed by atoms with Gasteiger partial charge in [0.1, 0.15) is 6.10 Å². The van der Waals surface area contributed by atoms with Crippen molar-refractivity contribution in [2.45, 2.75) is 18.9 Å². The van der Waals surface area contributed by atoms with Crippen LogP contribution in [-0.4, -0.2) is 17.9 Å². The number of carbonyl (C=O) groups is 1. The molecule has 0 N–H and O–H groups in total. The fraction of sp³-hybridized carbons (Fsp3) is 0.120. The van der Waals surface area contributed by atoms with Crippen LogP contribution in [-0.2, 0) is 11.2 Å². The monoisotopic (exact) mass is 369 g/mol. The lowest BCUT2D eigenvalue weighted by Crippen LogP contribution is -2.19. The van der Waals surface area contributed by atoms with E-state index >= 15 is 0 Å². The van der Waals surface area contributed by atoms with Crippen LogP contribution in [0.25, 0.3) is 0 Å². The lowest BCUT2D eigenvalue weighted by Gasteiger charge is -2.17. The fourth-order valence-corrected chi connectivity index (χ4v) is 2.80. The Labute approximate surface area is 166 Å². The summed E-state index contributed by atoms with van der Waals surface area (Å²) in [6, 6.07) is 28.7. The van der Waals surface area contributed by atoms with Gasteiger partial charge in [-0.05, 0) is 42.7 Å². The smallest absolute Gasteiger partial charge is 0.280 e. The maximum Gasteiger partial charge on any atom is 0.280 e. The van der Waals surface area contributed by atoms with Crippen LogP contribution < -0.4 is 0 Å². The first kappa shape index (κ1) is 19.3. The van der Waals surface area contributed by atoms with Gasteiger partial charge in [0.15, 0.2) is 0 Å². The molecule has 3 nitrogen and oxygen atoms in total. The zero-order valence-corrected chi connectivity index (χ0v) is 15.7. The largest absolute Gasteiger partial charge is 0.470 e. The minimum absolute atomic E-state index is 0.247. The van der Waals surface area contributed by atoms with Crippen LogP contribution >= 0.6 is 0 Å². The van der Waals surface area contributed by atoms with Gasteiger partial charge in [0, 0.05) is 11.1 Å². The van der Waals surface area contributed by atoms with Crippen molar-refractivity contribution in [1.29, 1.82) is 0 Å². The van der Waals surface area contributed by atoms with Crippen molar-refractivity contribution in [2.24, 2.45) is 4.99 Å². The molecule has 0 radical (unpaired) electrons. The molecule has 0 fully saturated rings. The number of rotatable bonds is 7. The third-order valence-corrected chi connectivity index (χ3v) is 4.33. The van der Waals surface area contributed by atoms with Crippen molar-refractivity contribution in [2.75, 3.05) is 0 Å². The van der Waals surface area contributed by atoms with Crippen molar-refractivity contribution in [3.8, 4) is 0 Å². The van der Waals surface area contributed by atoms with E-state index in [1.807, 2.05) is 66.7 Å². The summed E-state index contributed by atoms with van der Waals surface area (Å²) < 4.78 is 6.11. The Kier molecular flexibility index (Phi) is 6.91. The molecule has 0 aromatic heterocycles. The van der Waals surface area contributed by atoms with Crippen LogP contribution in [0.4, 0.5) is 0 Å². The lowest BCUT2D eigenvalue weighted by atomic mass is 10.1. The average molecular weight is 369 g/mol. The zero-order valence-electron chi connectivity index (χ0n) is 15.7. The Morgan fingerprint density at radius 2 is 1.39 bits per heavy atom. The number of ether oxygens (including phenoxy) is 1. The van der Waals surface area contributed by atoms with E-state index in [1.54, 1.807) is 18.2 Å². The molecule has 1 amide bonds. The van der Waals surface area contributed by atoms with Crippen molar-refractivity contribution in [3.63, 3.8) is 0 Å². The Morgan fingerprint density at radius 3 is 1.96 bits per heavy atom. The van der Waals surface area contributed by atoms with Gasteiger partial charge in [0.05, 0.1) is 0 Å². The molecule has 0 bridgehead atoms. The SMILES string of the molecule is C=CC(CCc1ccccc1)OC(=NC(=O)c1ccccc1)c1ccccc1. The Hall–Kier alpha value is -3.46. The Morgan fingerprint density at radius 1 is 0.857 bits per heavy atom. The molecule has 0 saturated heterocycles. The van der Waals surface area contributed by atoms with E-state index < -0.39 is 0 Å². The molecule has 3 aromatic rings. The number of aliphatic imine (C=N–C) groups is 1. The molecule has 140 valence electrons. The van der Waals surface area contributed by atoms with Gasteiger partial charge in [-0.3, -0.25) is 4.79 Å². The third kappa shape index (κ3) is 5.52. The highest BCUT2D eigenvalue weighted by Crippen LogP contribution is 2.13. The molecule has 3 heteroatoms. The number of aryl methyl sites for hydroxylation is 1. The second kappa shape index (κ2) is 10.0. The normalized spacial score (nSPS) is 12.2. The topological polar surface area (TPSA) is 38.7 Å². The van der Waals surface area contributed by atoms with Crippen LogP contribution in [0.2, 0.25) is 0 Å². The highest BCUT2D eigenvalue weighted by atomic mass is 16.5. The molecule has 1 unspecified atom stereocenters. The molecule has 0 saturated carbocycles. The van der Waals surface area contributed by atoms with Crippen LogP contribution in [0.5, 0.6) is 0 Å². The summed E-state index contributed by atoms with van der Waals surface area (Å²) in [6.07, 6.45) is 3.11. The van der Waals surface area contributed by atoms with Gasteiger partial charge < -0.3 is 4.74 Å². The van der Waals surface area contributed by atoms with Crippen LogP contribution in [0.3, 0.4) is 0 Å². The van der Waals surface area contributed by atoms with Crippen LogP contribution in [0.15, 0.2) is 109 Å². The van der Waals surface area contributed by atoms with Crippen molar-refractivity contribution >= 4 is 11.8 Å². The summed E-state index contributed by atoms with van der Waals surface area (Å²) >= 11 is 0. The van der Waals surface area contributed by atoms with Gasteiger partial charge in [-0.1, -0.05) is 79.4 Å². The predicted molar refractivity (Wildman–Crippen MR) is 114 cm³/mol. The summed E-state index contributed by atoms with van der Waals surface area (Å²) in [5.41, 5.74) is 2.52. The summed E-state index contributed by atoms with van der Waals surface area (Å²) in [5, 5.41) is 0. The summed E-state index contributed by atoms with van der Waals surface area (Å²) in [4.78, 5) is 16.9. The van der Waals surface area contributed by atoms with E-state index in [0.717, 1.165) is 18.4 Å². The van der Waals surface area contributed by atoms with E-state index in [2.05, 4.69) is 23.7 Å². The highest BCUT2D eigenvalue weighted by Gasteiger charge is 2.14. The van der Waals surface area contributed by atoms with Crippen molar-refractivity contribution < 1.29 is 9.53 Å². The number of benzene rings is 3. The highest BCUT2D eigenvalue weighted by molar-refractivity contribution is 6.07. The molecule has 3 aromatic carbocycles. The summed E-state index contributed by atoms with van der Waals surface area (Å²) in [5.74, 6) is -0.0160. The van der Waals surface area contributed by atoms with Crippen molar-refractivity contribution in [3.05, 3.63) is 120 Å². The second-order valence-corrected chi connectivity index (χ2v) is 6.37. The quantitative estimate of drug-likeness (QED) is 0.314. The summed E-state index contributed by atoms with van der Waals surface area (Å²) in [7, 11) is 0. The van der Waals surface area contributed by atoms with Gasteiger partial charge in [0.25, 0.3) is 5.91 Å². The molecule has 0 heterocycles. The zero-order chi connectivity index (χ0) is 19.6. The standard InChI is InChI=1S/C25H23NO2/c1-2-23(19-18-20-12-6-3-7-13-20)28-25(22-16-10-5-11-17-22)26-24(27)21-14-8-4-9-15-21/h2-17,23H,1,18-19H2. The Bertz CT molecular complexity index is 919. The summed E-state index contributed by atoms with van der Waals surface area (Å²) in [6.45, 7) is 3.89. The number of hydrogen-bond donors (Lipinski definition) is 0. The predicted octanol–water partition coefficient (Wildman–Crippen LogP) is 5.48. The molecule has 0 aliphatic carbocycles. The van der Waals surface area contributed by atoms with Gasteiger partial charge in [-0.25, -0.2) is 0 Å². The average Bonchev–Trinajstić information content (AvgIpc) is 2.77. The second-order valence-electron chi connectivity index (χ2n) is 6.37. The lowest BCUT2D eigenvalue weighted by molar-refractivity contribution is 0.0997. The number of carbonyl (C=O) groups excluding carboxylic acids is 1. The number of nitrogens with zero attached hydrogens (tertiary/aromatic N) is 1. The van der Waals surface area contributed by atoms with Crippen LogP contribution in [0.1, 0.15) is 27.9 Å². The molecule has 0 aliphatic heterocycles. The number of amides is 1. The van der Waals surface area contributed by atoms with E-state index in [4.69, 9.17) is 4.74 Å². The van der Waals surface area contributed by atoms with Gasteiger partial charge in [-0.15, -0.1) is 0 Å². The minimum atomic E-state index is -0.328. The van der Waals surface area contributed by atoms with E-state index in [0.29, 0.717) is 11.5 Å². The molecule has 0 spiro atoms. The van der Waals surface area contributed by atoms with Crippen molar-refractivity contribution in [1.82, 2.24) is 0 Å². The van der Waals surface area contributed by atoms with Gasteiger partial charge in [-0.2, -0.15) is 4.99 Å². The maximum absolute atomic E-state index is 12.6. The van der Waals surface area contributed by atoms with E-state index in [9.17, 15) is 4.79 Å². The molecular weight excluding hydrogens is 346 g/mol. The first-order valence-corrected chi connectivity index (χ1v) is 9.33. The van der Waals surface area contributed by atoms with Crippen LogP contribution in [0, 0.1) is 0 Å². The third-order valence-electron chi connectivity index (χ3n) is 4.33. The van der Waals surface area contributed by atoms with Gasteiger partial charge >= 0.3 is 0 Å². The fourth-order valence-electron chi connectivity index (χ4n) is 2.80. The molecule has 0 aliphatic rings. The minimum Gasteiger partial charge on any atom is -0.470 e. The Balaban J connectivity index is 1.79. The first-order chi connectivity index (χ1) is 13.8. The molecular formula is C25H23NO2. The number of hydrogen-bond acceptors (Lipinski definition) is 2. The molecule has 28 heavy (non-hydrogen) atoms. The van der Waals surface area contributed by atoms with E-state index in [1.165, 1.54) is 5.56 Å². The van der Waals surface area contributed by atoms with E-state index in [-0.39, 0.29) is 12.0 Å². The maximum atomic E-state index is 12.6. The molecule has 1 atom stereocenters.